The van der Waals surface area contributed by atoms with Crippen molar-refractivity contribution >= 4 is 16.6 Å². The van der Waals surface area contributed by atoms with Crippen LogP contribution in [0.15, 0.2) is 24.3 Å². The van der Waals surface area contributed by atoms with Crippen molar-refractivity contribution in [3.05, 3.63) is 35.4 Å². The van der Waals surface area contributed by atoms with Gasteiger partial charge in [-0.1, -0.05) is 65.8 Å². The van der Waals surface area contributed by atoms with Gasteiger partial charge in [0, 0.05) is 6.42 Å². The van der Waals surface area contributed by atoms with Gasteiger partial charge in [-0.05, 0) is 47.4 Å². The molecule has 2 nitrogen and oxygen atoms in total. The largest absolute Gasteiger partial charge is 0.410 e. The Morgan fingerprint density at radius 2 is 1.04 bits per heavy atom. The van der Waals surface area contributed by atoms with Crippen molar-refractivity contribution in [1.29, 1.82) is 0 Å². The minimum atomic E-state index is -1.81. The smallest absolute Gasteiger partial charge is 0.192 e. The van der Waals surface area contributed by atoms with Crippen molar-refractivity contribution in [2.45, 2.75) is 96.4 Å². The highest BCUT2D eigenvalue weighted by Crippen LogP contribution is 2.50. The van der Waals surface area contributed by atoms with Gasteiger partial charge in [0.15, 0.2) is 16.6 Å². The molecule has 1 aromatic carbocycles. The summed E-state index contributed by atoms with van der Waals surface area (Å²) < 4.78 is 13.6. The van der Waals surface area contributed by atoms with Crippen molar-refractivity contribution in [1.82, 2.24) is 0 Å². The molecule has 2 atom stereocenters. The molecule has 2 rings (SSSR count). The van der Waals surface area contributed by atoms with Crippen molar-refractivity contribution < 1.29 is 8.85 Å². The van der Waals surface area contributed by atoms with Crippen molar-refractivity contribution in [3.63, 3.8) is 0 Å². The molecule has 0 saturated heterocycles. The molecular formula is C21H38O2Si2. The number of hydrogen-bond acceptors (Lipinski definition) is 2. The molecule has 0 aliphatic heterocycles. The predicted molar refractivity (Wildman–Crippen MR) is 113 cm³/mol. The van der Waals surface area contributed by atoms with Gasteiger partial charge in [0.25, 0.3) is 0 Å². The summed E-state index contributed by atoms with van der Waals surface area (Å²) in [5, 5.41) is 0.445. The fourth-order valence-electron chi connectivity index (χ4n) is 2.83. The van der Waals surface area contributed by atoms with Crippen LogP contribution in [0.2, 0.25) is 36.3 Å². The zero-order valence-corrected chi connectivity index (χ0v) is 20.0. The third-order valence-corrected chi connectivity index (χ3v) is 15.6. The number of fused-ring (bicyclic) bond motifs is 1. The fourth-order valence-corrected chi connectivity index (χ4v) is 5.41. The second-order valence-electron chi connectivity index (χ2n) is 10.6. The third kappa shape index (κ3) is 4.29. The molecule has 0 saturated carbocycles. The highest BCUT2D eigenvalue weighted by atomic mass is 28.4. The summed E-state index contributed by atoms with van der Waals surface area (Å²) in [7, 11) is -3.62. The summed E-state index contributed by atoms with van der Waals surface area (Å²) in [5.74, 6) is 0. The summed E-state index contributed by atoms with van der Waals surface area (Å²) in [6.07, 6.45) is 1.30. The van der Waals surface area contributed by atoms with E-state index < -0.39 is 16.6 Å². The average Bonchev–Trinajstić information content (AvgIpc) is 2.74. The lowest BCUT2D eigenvalue weighted by Crippen LogP contribution is -2.42. The Labute approximate surface area is 157 Å². The van der Waals surface area contributed by atoms with Crippen LogP contribution < -0.4 is 0 Å². The van der Waals surface area contributed by atoms with Gasteiger partial charge in [-0.15, -0.1) is 0 Å². The quantitative estimate of drug-likeness (QED) is 0.515. The van der Waals surface area contributed by atoms with Crippen molar-refractivity contribution in [2.24, 2.45) is 0 Å². The van der Waals surface area contributed by atoms with E-state index in [0.717, 1.165) is 6.42 Å². The Kier molecular flexibility index (Phi) is 5.54. The standard InChI is InChI=1S/C21H38O2Si2/c1-20(2,3)24(7,8)22-18-15-19(17-14-12-11-13-16(17)18)23-25(9,10)21(4,5)6/h11-14,18-19H,15H2,1-10H3/t18-,19+. The van der Waals surface area contributed by atoms with Gasteiger partial charge < -0.3 is 8.85 Å². The topological polar surface area (TPSA) is 18.5 Å². The number of rotatable bonds is 4. The Hall–Kier alpha value is -0.426. The maximum absolute atomic E-state index is 6.79. The zero-order chi connectivity index (χ0) is 19.3. The van der Waals surface area contributed by atoms with Crippen LogP contribution in [0.3, 0.4) is 0 Å². The first-order chi connectivity index (χ1) is 11.2. The van der Waals surface area contributed by atoms with Crippen LogP contribution in [0.5, 0.6) is 0 Å². The maximum atomic E-state index is 6.79. The molecule has 0 unspecified atom stereocenters. The summed E-state index contributed by atoms with van der Waals surface area (Å²) in [6.45, 7) is 23.2. The first-order valence-electron chi connectivity index (χ1n) is 9.60. The van der Waals surface area contributed by atoms with E-state index in [1.54, 1.807) is 0 Å². The summed E-state index contributed by atoms with van der Waals surface area (Å²) in [4.78, 5) is 0. The second-order valence-corrected chi connectivity index (χ2v) is 20.1. The van der Waals surface area contributed by atoms with E-state index >= 15 is 0 Å². The van der Waals surface area contributed by atoms with Crippen LogP contribution in [0.4, 0.5) is 0 Å². The average molecular weight is 379 g/mol. The highest BCUT2D eigenvalue weighted by Gasteiger charge is 2.45. The van der Waals surface area contributed by atoms with Crippen LogP contribution in [0.1, 0.15) is 71.3 Å². The minimum Gasteiger partial charge on any atom is -0.410 e. The lowest BCUT2D eigenvalue weighted by atomic mass is 10.1. The molecule has 1 aliphatic rings. The summed E-state index contributed by atoms with van der Waals surface area (Å²) in [6, 6.07) is 8.75. The first kappa shape index (κ1) is 20.9. The van der Waals surface area contributed by atoms with Crippen LogP contribution in [-0.4, -0.2) is 16.6 Å². The normalized spacial score (nSPS) is 22.2. The lowest BCUT2D eigenvalue weighted by molar-refractivity contribution is 0.117. The third-order valence-electron chi connectivity index (χ3n) is 6.60. The van der Waals surface area contributed by atoms with Gasteiger partial charge in [0.1, 0.15) is 0 Å². The molecule has 0 amide bonds. The summed E-state index contributed by atoms with van der Waals surface area (Å²) >= 11 is 0. The molecule has 0 spiro atoms. The maximum Gasteiger partial charge on any atom is 0.192 e. The lowest BCUT2D eigenvalue weighted by Gasteiger charge is -2.40. The minimum absolute atomic E-state index is 0.173. The van der Waals surface area contributed by atoms with Crippen molar-refractivity contribution in [3.8, 4) is 0 Å². The van der Waals surface area contributed by atoms with E-state index in [1.807, 2.05) is 0 Å². The van der Waals surface area contributed by atoms with E-state index in [4.69, 9.17) is 8.85 Å². The SMILES string of the molecule is CC(C)(C)[Si](C)(C)O[C@H]1C[C@@H](O[Si](C)(C)C(C)(C)C)c2ccccc21. The molecule has 4 heteroatoms. The van der Waals surface area contributed by atoms with Gasteiger partial charge in [0.2, 0.25) is 0 Å². The predicted octanol–water partition coefficient (Wildman–Crippen LogP) is 7.22. The van der Waals surface area contributed by atoms with E-state index in [-0.39, 0.29) is 22.3 Å². The first-order valence-corrected chi connectivity index (χ1v) is 15.4. The van der Waals surface area contributed by atoms with Crippen LogP contribution in [-0.2, 0) is 8.85 Å². The molecule has 1 aliphatic carbocycles. The number of hydrogen-bond donors (Lipinski definition) is 0. The van der Waals surface area contributed by atoms with Gasteiger partial charge in [-0.3, -0.25) is 0 Å². The Balaban J connectivity index is 2.28. The Morgan fingerprint density at radius 3 is 1.32 bits per heavy atom. The molecular weight excluding hydrogens is 340 g/mol. The molecule has 0 heterocycles. The van der Waals surface area contributed by atoms with Gasteiger partial charge in [-0.2, -0.15) is 0 Å². The number of benzene rings is 1. The van der Waals surface area contributed by atoms with Gasteiger partial charge in [-0.25, -0.2) is 0 Å². The second kappa shape index (κ2) is 6.63. The molecule has 142 valence electrons. The monoisotopic (exact) mass is 378 g/mol. The fraction of sp³-hybridized carbons (Fsp3) is 0.714. The van der Waals surface area contributed by atoms with E-state index in [2.05, 4.69) is 92.0 Å². The molecule has 25 heavy (non-hydrogen) atoms. The molecule has 0 N–H and O–H groups in total. The van der Waals surface area contributed by atoms with Crippen molar-refractivity contribution in [2.75, 3.05) is 0 Å². The molecule has 1 aromatic rings. The summed E-state index contributed by atoms with van der Waals surface area (Å²) in [5.41, 5.74) is 2.69. The van der Waals surface area contributed by atoms with Crippen LogP contribution >= 0.6 is 0 Å². The Bertz CT molecular complexity index is 556. The van der Waals surface area contributed by atoms with Crippen LogP contribution in [0.25, 0.3) is 0 Å². The zero-order valence-electron chi connectivity index (χ0n) is 18.0. The Morgan fingerprint density at radius 1 is 0.720 bits per heavy atom. The molecule has 0 aromatic heterocycles. The molecule has 0 radical (unpaired) electrons. The van der Waals surface area contributed by atoms with E-state index in [9.17, 15) is 0 Å². The van der Waals surface area contributed by atoms with E-state index in [0.29, 0.717) is 0 Å². The van der Waals surface area contributed by atoms with Crippen LogP contribution in [0, 0.1) is 0 Å². The molecule has 0 fully saturated rings. The van der Waals surface area contributed by atoms with Gasteiger partial charge >= 0.3 is 0 Å². The van der Waals surface area contributed by atoms with E-state index in [1.165, 1.54) is 11.1 Å². The highest BCUT2D eigenvalue weighted by molar-refractivity contribution is 6.74. The molecule has 0 bridgehead atoms. The van der Waals surface area contributed by atoms with Gasteiger partial charge in [0.05, 0.1) is 12.2 Å².